The zero-order valence-electron chi connectivity index (χ0n) is 10.7. The molecule has 1 N–H and O–H groups in total. The molecule has 2 unspecified atom stereocenters. The molecular formula is C12H27O3P. The molecule has 0 aliphatic carbocycles. The summed E-state index contributed by atoms with van der Waals surface area (Å²) in [6.45, 7) is 4.83. The maximum absolute atomic E-state index is 10.5. The van der Waals surface area contributed by atoms with Crippen molar-refractivity contribution in [1.82, 2.24) is 0 Å². The Kier molecular flexibility index (Phi) is 11.7. The topological polar surface area (TPSA) is 46.5 Å². The van der Waals surface area contributed by atoms with E-state index in [9.17, 15) is 4.57 Å². The van der Waals surface area contributed by atoms with Gasteiger partial charge < -0.3 is 9.42 Å². The summed E-state index contributed by atoms with van der Waals surface area (Å²) in [6, 6.07) is 0. The van der Waals surface area contributed by atoms with Gasteiger partial charge in [-0.2, -0.15) is 0 Å². The van der Waals surface area contributed by atoms with Crippen LogP contribution in [0, 0.1) is 5.92 Å². The molecule has 0 aliphatic heterocycles. The van der Waals surface area contributed by atoms with E-state index in [2.05, 4.69) is 13.8 Å². The molecule has 0 saturated heterocycles. The van der Waals surface area contributed by atoms with Crippen LogP contribution in [0.25, 0.3) is 0 Å². The second-order valence-electron chi connectivity index (χ2n) is 4.43. The fourth-order valence-electron chi connectivity index (χ4n) is 1.85. The standard InChI is InChI=1S/C12H27O3P/c1-3-5-7-8-10-12(9-6-4-2)11-15-16(13)14/h12,16H,3-11H2,1-2H3,(H,13,14). The summed E-state index contributed by atoms with van der Waals surface area (Å²) < 4.78 is 15.4. The summed E-state index contributed by atoms with van der Waals surface area (Å²) in [4.78, 5) is 8.66. The number of unbranched alkanes of at least 4 members (excludes halogenated alkanes) is 4. The monoisotopic (exact) mass is 250 g/mol. The average Bonchev–Trinajstić information content (AvgIpc) is 2.26. The molecule has 4 heteroatoms. The highest BCUT2D eigenvalue weighted by molar-refractivity contribution is 7.32. The summed E-state index contributed by atoms with van der Waals surface area (Å²) in [6.07, 6.45) is 9.66. The van der Waals surface area contributed by atoms with Gasteiger partial charge in [0, 0.05) is 0 Å². The fraction of sp³-hybridized carbons (Fsp3) is 1.00. The first-order valence-electron chi connectivity index (χ1n) is 6.56. The van der Waals surface area contributed by atoms with Crippen molar-refractivity contribution in [2.24, 2.45) is 5.92 Å². The Bertz CT molecular complexity index is 174. The molecule has 98 valence electrons. The van der Waals surface area contributed by atoms with Crippen molar-refractivity contribution in [1.29, 1.82) is 0 Å². The van der Waals surface area contributed by atoms with Crippen molar-refractivity contribution in [2.75, 3.05) is 6.61 Å². The third-order valence-corrected chi connectivity index (χ3v) is 3.29. The highest BCUT2D eigenvalue weighted by Crippen LogP contribution is 2.23. The normalized spacial score (nSPS) is 14.9. The van der Waals surface area contributed by atoms with Gasteiger partial charge in [-0.15, -0.1) is 0 Å². The van der Waals surface area contributed by atoms with Crippen LogP contribution in [0.15, 0.2) is 0 Å². The second kappa shape index (κ2) is 11.6. The van der Waals surface area contributed by atoms with E-state index in [-0.39, 0.29) is 0 Å². The number of rotatable bonds is 11. The van der Waals surface area contributed by atoms with Crippen molar-refractivity contribution in [3.05, 3.63) is 0 Å². The van der Waals surface area contributed by atoms with Crippen molar-refractivity contribution in [3.63, 3.8) is 0 Å². The van der Waals surface area contributed by atoms with Gasteiger partial charge in [0.2, 0.25) is 0 Å². The molecule has 0 heterocycles. The van der Waals surface area contributed by atoms with E-state index in [1.54, 1.807) is 0 Å². The van der Waals surface area contributed by atoms with E-state index < -0.39 is 8.25 Å². The van der Waals surface area contributed by atoms with Crippen LogP contribution in [-0.2, 0) is 9.09 Å². The molecule has 0 aromatic carbocycles. The molecule has 0 saturated carbocycles. The number of hydrogen-bond donors (Lipinski definition) is 1. The number of hydrogen-bond acceptors (Lipinski definition) is 2. The summed E-state index contributed by atoms with van der Waals surface area (Å²) >= 11 is 0. The lowest BCUT2D eigenvalue weighted by atomic mass is 9.96. The van der Waals surface area contributed by atoms with Crippen molar-refractivity contribution in [2.45, 2.75) is 65.2 Å². The molecule has 0 rings (SSSR count). The Morgan fingerprint density at radius 2 is 1.69 bits per heavy atom. The summed E-state index contributed by atoms with van der Waals surface area (Å²) in [5.74, 6) is 0.470. The first-order chi connectivity index (χ1) is 7.70. The summed E-state index contributed by atoms with van der Waals surface area (Å²) in [7, 11) is -2.74. The molecule has 2 atom stereocenters. The predicted molar refractivity (Wildman–Crippen MR) is 68.9 cm³/mol. The third kappa shape index (κ3) is 10.7. The van der Waals surface area contributed by atoms with Crippen LogP contribution in [0.1, 0.15) is 65.2 Å². The van der Waals surface area contributed by atoms with Gasteiger partial charge in [-0.05, 0) is 18.8 Å². The fourth-order valence-corrected chi connectivity index (χ4v) is 2.23. The SMILES string of the molecule is CCCCCCC(CCCC)CO[PH](=O)O. The summed E-state index contributed by atoms with van der Waals surface area (Å²) in [5, 5.41) is 0. The maximum Gasteiger partial charge on any atom is 0.316 e. The van der Waals surface area contributed by atoms with Gasteiger partial charge in [0.05, 0.1) is 6.61 Å². The van der Waals surface area contributed by atoms with Crippen molar-refractivity contribution < 1.29 is 14.0 Å². The Balaban J connectivity index is 3.66. The lowest BCUT2D eigenvalue weighted by Crippen LogP contribution is -2.07. The maximum atomic E-state index is 10.5. The molecular weight excluding hydrogens is 223 g/mol. The van der Waals surface area contributed by atoms with Gasteiger partial charge in [0.15, 0.2) is 0 Å². The van der Waals surface area contributed by atoms with Gasteiger partial charge in [-0.1, -0.05) is 52.4 Å². The van der Waals surface area contributed by atoms with Crippen LogP contribution in [0.4, 0.5) is 0 Å². The van der Waals surface area contributed by atoms with E-state index in [4.69, 9.17) is 9.42 Å². The molecule has 0 amide bonds. The van der Waals surface area contributed by atoms with Gasteiger partial charge in [-0.25, -0.2) is 0 Å². The molecule has 0 aromatic rings. The van der Waals surface area contributed by atoms with E-state index >= 15 is 0 Å². The molecule has 0 fully saturated rings. The predicted octanol–water partition coefficient (Wildman–Crippen LogP) is 4.16. The van der Waals surface area contributed by atoms with Gasteiger partial charge in [-0.3, -0.25) is 4.57 Å². The van der Waals surface area contributed by atoms with Crippen molar-refractivity contribution in [3.8, 4) is 0 Å². The molecule has 16 heavy (non-hydrogen) atoms. The molecule has 0 radical (unpaired) electrons. The summed E-state index contributed by atoms with van der Waals surface area (Å²) in [5.41, 5.74) is 0. The second-order valence-corrected chi connectivity index (χ2v) is 5.25. The molecule has 0 bridgehead atoms. The van der Waals surface area contributed by atoms with E-state index in [0.717, 1.165) is 12.8 Å². The minimum atomic E-state index is -2.74. The van der Waals surface area contributed by atoms with Gasteiger partial charge in [0.25, 0.3) is 0 Å². The van der Waals surface area contributed by atoms with Crippen LogP contribution >= 0.6 is 8.25 Å². The van der Waals surface area contributed by atoms with E-state index in [0.29, 0.717) is 12.5 Å². The third-order valence-electron chi connectivity index (χ3n) is 2.87. The Labute approximate surface area is 101 Å². The lowest BCUT2D eigenvalue weighted by Gasteiger charge is -2.15. The molecule has 0 aliphatic rings. The van der Waals surface area contributed by atoms with Crippen LogP contribution < -0.4 is 0 Å². The van der Waals surface area contributed by atoms with Gasteiger partial charge in [0.1, 0.15) is 0 Å². The van der Waals surface area contributed by atoms with Crippen LogP contribution in [0.2, 0.25) is 0 Å². The lowest BCUT2D eigenvalue weighted by molar-refractivity contribution is 0.212. The van der Waals surface area contributed by atoms with Crippen molar-refractivity contribution >= 4 is 8.25 Å². The van der Waals surface area contributed by atoms with Crippen LogP contribution in [0.3, 0.4) is 0 Å². The largest absolute Gasteiger partial charge is 0.326 e. The Hall–Kier alpha value is 0.150. The smallest absolute Gasteiger partial charge is 0.316 e. The van der Waals surface area contributed by atoms with Gasteiger partial charge >= 0.3 is 8.25 Å². The Morgan fingerprint density at radius 1 is 1.06 bits per heavy atom. The zero-order chi connectivity index (χ0) is 12.2. The highest BCUT2D eigenvalue weighted by atomic mass is 31.1. The first kappa shape index (κ1) is 16.1. The highest BCUT2D eigenvalue weighted by Gasteiger charge is 2.09. The quantitative estimate of drug-likeness (QED) is 0.442. The van der Waals surface area contributed by atoms with E-state index in [1.165, 1.54) is 38.5 Å². The molecule has 0 spiro atoms. The average molecular weight is 250 g/mol. The van der Waals surface area contributed by atoms with Crippen LogP contribution in [0.5, 0.6) is 0 Å². The minimum absolute atomic E-state index is 0.459. The Morgan fingerprint density at radius 3 is 2.25 bits per heavy atom. The molecule has 3 nitrogen and oxygen atoms in total. The first-order valence-corrected chi connectivity index (χ1v) is 7.82. The van der Waals surface area contributed by atoms with Crippen LogP contribution in [-0.4, -0.2) is 11.5 Å². The zero-order valence-corrected chi connectivity index (χ0v) is 11.7. The minimum Gasteiger partial charge on any atom is -0.326 e. The van der Waals surface area contributed by atoms with E-state index in [1.807, 2.05) is 0 Å². The molecule has 0 aromatic heterocycles.